The van der Waals surface area contributed by atoms with Crippen molar-refractivity contribution in [2.75, 3.05) is 25.5 Å². The van der Waals surface area contributed by atoms with Crippen molar-refractivity contribution >= 4 is 53.7 Å². The lowest BCUT2D eigenvalue weighted by Crippen LogP contribution is -2.43. The van der Waals surface area contributed by atoms with Gasteiger partial charge < -0.3 is 14.5 Å². The summed E-state index contributed by atoms with van der Waals surface area (Å²) in [7, 11) is -0.731. The molecule has 3 heterocycles. The first kappa shape index (κ1) is 22.6. The number of carbonyl (C=O) groups is 1. The summed E-state index contributed by atoms with van der Waals surface area (Å²) in [5.74, 6) is -0.637. The van der Waals surface area contributed by atoms with E-state index in [-0.39, 0.29) is 22.9 Å². The summed E-state index contributed by atoms with van der Waals surface area (Å²) in [4.78, 5) is 29.1. The van der Waals surface area contributed by atoms with E-state index in [0.717, 1.165) is 10.2 Å². The standard InChI is InChI=1S/C22H22N4O6S2/c1-25-17-8-6-15(11-18(17)32-22(25)28)34(29,30)26-9-3-4-13(12-26)20(27)24-21-23-16-7-5-14(31-2)10-19(16)33-21/h5-8,10-11,13H,3-4,9,12H2,1-2H3,(H,23,24,27)/t13-/m0/s1. The number of oxazole rings is 1. The highest BCUT2D eigenvalue weighted by Crippen LogP contribution is 2.31. The molecule has 1 saturated heterocycles. The van der Waals surface area contributed by atoms with Gasteiger partial charge in [-0.3, -0.25) is 9.36 Å². The van der Waals surface area contributed by atoms with Crippen LogP contribution in [0.2, 0.25) is 0 Å². The zero-order valence-electron chi connectivity index (χ0n) is 18.5. The fourth-order valence-corrected chi connectivity index (χ4v) is 6.53. The number of aromatic nitrogens is 2. The maximum absolute atomic E-state index is 13.3. The van der Waals surface area contributed by atoms with Crippen molar-refractivity contribution in [2.24, 2.45) is 13.0 Å². The van der Waals surface area contributed by atoms with Crippen LogP contribution in [0.5, 0.6) is 5.75 Å². The molecule has 4 aromatic rings. The Hall–Kier alpha value is -3.22. The molecule has 1 amide bonds. The van der Waals surface area contributed by atoms with Crippen LogP contribution >= 0.6 is 11.3 Å². The van der Waals surface area contributed by atoms with Crippen LogP contribution in [-0.4, -0.2) is 48.4 Å². The van der Waals surface area contributed by atoms with Crippen molar-refractivity contribution in [1.82, 2.24) is 13.9 Å². The number of carbonyl (C=O) groups excluding carboxylic acids is 1. The van der Waals surface area contributed by atoms with Gasteiger partial charge in [-0.1, -0.05) is 11.3 Å². The van der Waals surface area contributed by atoms with E-state index in [1.165, 1.54) is 32.3 Å². The molecule has 1 N–H and O–H groups in total. The number of amides is 1. The quantitative estimate of drug-likeness (QED) is 0.445. The van der Waals surface area contributed by atoms with Crippen LogP contribution < -0.4 is 15.8 Å². The molecular formula is C22H22N4O6S2. The van der Waals surface area contributed by atoms with Crippen molar-refractivity contribution in [1.29, 1.82) is 0 Å². The number of nitrogens with one attached hydrogen (secondary N) is 1. The smallest absolute Gasteiger partial charge is 0.419 e. The molecule has 2 aromatic carbocycles. The lowest BCUT2D eigenvalue weighted by Gasteiger charge is -2.31. The monoisotopic (exact) mass is 502 g/mol. The van der Waals surface area contributed by atoms with E-state index in [9.17, 15) is 18.0 Å². The molecule has 1 fully saturated rings. The van der Waals surface area contributed by atoms with E-state index in [4.69, 9.17) is 9.15 Å². The lowest BCUT2D eigenvalue weighted by molar-refractivity contribution is -0.120. The SMILES string of the molecule is COc1ccc2nc(NC(=O)[C@H]3CCCN(S(=O)(=O)c4ccc5c(c4)oc(=O)n5C)C3)sc2c1. The number of hydrogen-bond donors (Lipinski definition) is 1. The molecule has 1 atom stereocenters. The van der Waals surface area contributed by atoms with E-state index < -0.39 is 21.7 Å². The molecule has 0 unspecified atom stereocenters. The van der Waals surface area contributed by atoms with Crippen molar-refractivity contribution in [3.05, 3.63) is 46.9 Å². The van der Waals surface area contributed by atoms with Gasteiger partial charge in [-0.05, 0) is 43.2 Å². The molecule has 0 spiro atoms. The van der Waals surface area contributed by atoms with E-state index in [1.54, 1.807) is 26.3 Å². The summed E-state index contributed by atoms with van der Waals surface area (Å²) >= 11 is 1.33. The second kappa shape index (κ2) is 8.53. The minimum absolute atomic E-state index is 0.0236. The molecule has 34 heavy (non-hydrogen) atoms. The molecule has 12 heteroatoms. The Bertz CT molecular complexity index is 1570. The van der Waals surface area contributed by atoms with Gasteiger partial charge in [-0.2, -0.15) is 4.31 Å². The molecule has 1 aliphatic rings. The van der Waals surface area contributed by atoms with Crippen LogP contribution in [-0.2, 0) is 21.9 Å². The lowest BCUT2D eigenvalue weighted by atomic mass is 9.99. The van der Waals surface area contributed by atoms with E-state index in [0.29, 0.717) is 35.8 Å². The minimum atomic E-state index is -3.87. The molecule has 10 nitrogen and oxygen atoms in total. The normalized spacial score (nSPS) is 17.3. The zero-order chi connectivity index (χ0) is 24.0. The highest BCUT2D eigenvalue weighted by atomic mass is 32.2. The molecule has 0 radical (unpaired) electrons. The van der Waals surface area contributed by atoms with E-state index in [2.05, 4.69) is 10.3 Å². The summed E-state index contributed by atoms with van der Waals surface area (Å²) in [6.07, 6.45) is 1.13. The Kier molecular flexibility index (Phi) is 5.66. The van der Waals surface area contributed by atoms with Gasteiger partial charge in [0.2, 0.25) is 15.9 Å². The largest absolute Gasteiger partial charge is 0.497 e. The first-order chi connectivity index (χ1) is 16.3. The average Bonchev–Trinajstić information content (AvgIpc) is 3.37. The van der Waals surface area contributed by atoms with Crippen molar-refractivity contribution in [2.45, 2.75) is 17.7 Å². The third-order valence-corrected chi connectivity index (χ3v) is 8.78. The number of sulfonamides is 1. The van der Waals surface area contributed by atoms with Crippen molar-refractivity contribution in [3.8, 4) is 5.75 Å². The maximum Gasteiger partial charge on any atom is 0.419 e. The topological polar surface area (TPSA) is 124 Å². The van der Waals surface area contributed by atoms with Crippen LogP contribution in [0.3, 0.4) is 0 Å². The van der Waals surface area contributed by atoms with Gasteiger partial charge in [0.05, 0.1) is 33.7 Å². The number of hydrogen-bond acceptors (Lipinski definition) is 8. The molecule has 2 aromatic heterocycles. The zero-order valence-corrected chi connectivity index (χ0v) is 20.1. The van der Waals surface area contributed by atoms with Gasteiger partial charge in [0, 0.05) is 26.2 Å². The van der Waals surface area contributed by atoms with Crippen molar-refractivity contribution < 1.29 is 22.4 Å². The summed E-state index contributed by atoms with van der Waals surface area (Å²) in [5.41, 5.74) is 1.46. The van der Waals surface area contributed by atoms with Crippen LogP contribution in [0, 0.1) is 5.92 Å². The Morgan fingerprint density at radius 1 is 1.26 bits per heavy atom. The van der Waals surface area contributed by atoms with Gasteiger partial charge in [0.15, 0.2) is 10.7 Å². The molecule has 1 aliphatic heterocycles. The second-order valence-electron chi connectivity index (χ2n) is 8.10. The van der Waals surface area contributed by atoms with E-state index in [1.807, 2.05) is 12.1 Å². The third-order valence-electron chi connectivity index (χ3n) is 5.98. The summed E-state index contributed by atoms with van der Waals surface area (Å²) in [5, 5.41) is 3.29. The van der Waals surface area contributed by atoms with E-state index >= 15 is 0 Å². The summed E-state index contributed by atoms with van der Waals surface area (Å²) < 4.78 is 40.4. The molecular weight excluding hydrogens is 480 g/mol. The number of aryl methyl sites for hydroxylation is 1. The number of benzene rings is 2. The fraction of sp³-hybridized carbons (Fsp3) is 0.318. The Morgan fingerprint density at radius 2 is 2.09 bits per heavy atom. The van der Waals surface area contributed by atoms with Crippen LogP contribution in [0.25, 0.3) is 21.3 Å². The summed E-state index contributed by atoms with van der Waals surface area (Å²) in [6, 6.07) is 9.82. The average molecular weight is 503 g/mol. The number of anilines is 1. The fourth-order valence-electron chi connectivity index (χ4n) is 4.09. The summed E-state index contributed by atoms with van der Waals surface area (Å²) in [6.45, 7) is 0.369. The van der Waals surface area contributed by atoms with Crippen LogP contribution in [0.15, 0.2) is 50.5 Å². The highest BCUT2D eigenvalue weighted by Gasteiger charge is 2.34. The predicted molar refractivity (Wildman–Crippen MR) is 128 cm³/mol. The number of nitrogens with zero attached hydrogens (tertiary/aromatic N) is 3. The number of ether oxygens (including phenoxy) is 1. The molecule has 0 saturated carbocycles. The first-order valence-electron chi connectivity index (χ1n) is 10.6. The highest BCUT2D eigenvalue weighted by molar-refractivity contribution is 7.89. The number of rotatable bonds is 5. The number of methoxy groups -OCH3 is 1. The van der Waals surface area contributed by atoms with Gasteiger partial charge in [-0.25, -0.2) is 18.2 Å². The molecule has 178 valence electrons. The van der Waals surface area contributed by atoms with Gasteiger partial charge >= 0.3 is 5.76 Å². The number of thiazole rings is 1. The first-order valence-corrected chi connectivity index (χ1v) is 12.9. The Morgan fingerprint density at radius 3 is 2.88 bits per heavy atom. The third kappa shape index (κ3) is 3.97. The molecule has 0 aliphatic carbocycles. The van der Waals surface area contributed by atoms with Crippen LogP contribution in [0.1, 0.15) is 12.8 Å². The molecule has 0 bridgehead atoms. The number of piperidine rings is 1. The van der Waals surface area contributed by atoms with Crippen molar-refractivity contribution in [3.63, 3.8) is 0 Å². The van der Waals surface area contributed by atoms with Gasteiger partial charge in [-0.15, -0.1) is 0 Å². The van der Waals surface area contributed by atoms with Gasteiger partial charge in [0.25, 0.3) is 0 Å². The molecule has 5 rings (SSSR count). The second-order valence-corrected chi connectivity index (χ2v) is 11.1. The minimum Gasteiger partial charge on any atom is -0.497 e. The maximum atomic E-state index is 13.3. The number of fused-ring (bicyclic) bond motifs is 2. The van der Waals surface area contributed by atoms with Crippen LogP contribution in [0.4, 0.5) is 5.13 Å². The predicted octanol–water partition coefficient (Wildman–Crippen LogP) is 2.79. The Labute approximate surface area is 198 Å². The Balaban J connectivity index is 1.33. The van der Waals surface area contributed by atoms with Gasteiger partial charge in [0.1, 0.15) is 5.75 Å².